The number of likely N-dealkylation sites (N-methyl/N-ethyl adjacent to an activating group) is 1. The summed E-state index contributed by atoms with van der Waals surface area (Å²) < 4.78 is 5.34. The normalized spacial score (nSPS) is 25.8. The number of rotatable bonds is 4. The summed E-state index contributed by atoms with van der Waals surface area (Å²) in [6, 6.07) is 9.37. The van der Waals surface area contributed by atoms with E-state index in [9.17, 15) is 14.7 Å². The number of hydrogen-bond acceptors (Lipinski definition) is 3. The number of aliphatic carboxylic acids is 1. The van der Waals surface area contributed by atoms with Gasteiger partial charge >= 0.3 is 12.1 Å². The van der Waals surface area contributed by atoms with Crippen molar-refractivity contribution in [2.24, 2.45) is 11.3 Å². The third kappa shape index (κ3) is 3.55. The number of carbonyl (C=O) groups excluding carboxylic acids is 1. The number of amides is 1. The van der Waals surface area contributed by atoms with Crippen LogP contribution in [-0.2, 0) is 16.1 Å². The second kappa shape index (κ2) is 6.83. The molecule has 1 aliphatic rings. The van der Waals surface area contributed by atoms with Crippen molar-refractivity contribution in [2.75, 3.05) is 7.05 Å². The van der Waals surface area contributed by atoms with E-state index in [0.29, 0.717) is 6.42 Å². The molecule has 0 bridgehead atoms. The fourth-order valence-electron chi connectivity index (χ4n) is 3.81. The first-order chi connectivity index (χ1) is 11.2. The zero-order valence-corrected chi connectivity index (χ0v) is 14.9. The van der Waals surface area contributed by atoms with Gasteiger partial charge in [0, 0.05) is 7.05 Å². The molecule has 24 heavy (non-hydrogen) atoms. The molecule has 2 unspecified atom stereocenters. The maximum absolute atomic E-state index is 12.5. The summed E-state index contributed by atoms with van der Waals surface area (Å²) in [5.41, 5.74) is -0.238. The van der Waals surface area contributed by atoms with E-state index in [-0.39, 0.29) is 17.9 Å². The molecule has 2 rings (SSSR count). The molecule has 0 radical (unpaired) electrons. The average Bonchev–Trinajstić information content (AvgIpc) is 2.52. The maximum atomic E-state index is 12.5. The van der Waals surface area contributed by atoms with Gasteiger partial charge in [-0.2, -0.15) is 0 Å². The first kappa shape index (κ1) is 18.3. The molecule has 0 aliphatic heterocycles. The predicted octanol–water partition coefficient (Wildman–Crippen LogP) is 3.92. The zero-order chi connectivity index (χ0) is 18.0. The number of carboxylic acids is 1. The molecule has 5 heteroatoms. The molecule has 132 valence electrons. The highest BCUT2D eigenvalue weighted by Gasteiger charge is 2.54. The lowest BCUT2D eigenvalue weighted by Gasteiger charge is -2.49. The summed E-state index contributed by atoms with van der Waals surface area (Å²) in [6.45, 7) is 6.33. The number of carboxylic acid groups (broad SMARTS) is 1. The van der Waals surface area contributed by atoms with Gasteiger partial charge in [-0.25, -0.2) is 9.59 Å². The molecule has 0 heterocycles. The van der Waals surface area contributed by atoms with E-state index in [2.05, 4.69) is 13.8 Å². The molecule has 5 nitrogen and oxygen atoms in total. The molecule has 1 N–H and O–H groups in total. The van der Waals surface area contributed by atoms with Crippen LogP contribution in [0.15, 0.2) is 30.3 Å². The largest absolute Gasteiger partial charge is 0.479 e. The second-order valence-electron chi connectivity index (χ2n) is 7.60. The Labute approximate surface area is 143 Å². The molecule has 1 amide bonds. The molecule has 1 aromatic carbocycles. The van der Waals surface area contributed by atoms with E-state index >= 15 is 0 Å². The third-order valence-electron chi connectivity index (χ3n) is 5.30. The number of carbonyl (C=O) groups is 2. The van der Waals surface area contributed by atoms with Crippen LogP contribution in [0.3, 0.4) is 0 Å². The summed E-state index contributed by atoms with van der Waals surface area (Å²) in [5.74, 6) is -1.10. The third-order valence-corrected chi connectivity index (χ3v) is 5.30. The highest BCUT2D eigenvalue weighted by atomic mass is 16.6. The SMILES string of the molecule is CC1CC(C)(C)CCC1(C(=O)O)N(C)C(=O)OCc1ccccc1. The van der Waals surface area contributed by atoms with Gasteiger partial charge in [-0.1, -0.05) is 51.1 Å². The Hall–Kier alpha value is -2.04. The summed E-state index contributed by atoms with van der Waals surface area (Å²) in [5, 5.41) is 9.88. The quantitative estimate of drug-likeness (QED) is 0.907. The van der Waals surface area contributed by atoms with E-state index < -0.39 is 17.6 Å². The molecule has 0 spiro atoms. The van der Waals surface area contributed by atoms with Gasteiger partial charge in [0.05, 0.1) is 0 Å². The van der Waals surface area contributed by atoms with Crippen LogP contribution in [0.2, 0.25) is 0 Å². The first-order valence-electron chi connectivity index (χ1n) is 8.37. The lowest BCUT2D eigenvalue weighted by atomic mass is 9.63. The minimum atomic E-state index is -1.21. The molecule has 0 aromatic heterocycles. The first-order valence-corrected chi connectivity index (χ1v) is 8.37. The minimum Gasteiger partial charge on any atom is -0.479 e. The fourth-order valence-corrected chi connectivity index (χ4v) is 3.81. The van der Waals surface area contributed by atoms with Gasteiger partial charge in [-0.3, -0.25) is 4.90 Å². The van der Waals surface area contributed by atoms with E-state index in [1.54, 1.807) is 0 Å². The Morgan fingerprint density at radius 1 is 1.25 bits per heavy atom. The number of hydrogen-bond donors (Lipinski definition) is 1. The van der Waals surface area contributed by atoms with Crippen LogP contribution in [0.5, 0.6) is 0 Å². The minimum absolute atomic E-state index is 0.0904. The van der Waals surface area contributed by atoms with Crippen molar-refractivity contribution in [3.8, 4) is 0 Å². The van der Waals surface area contributed by atoms with Crippen LogP contribution in [0.4, 0.5) is 4.79 Å². The van der Waals surface area contributed by atoms with Crippen molar-refractivity contribution in [1.82, 2.24) is 4.90 Å². The van der Waals surface area contributed by atoms with Crippen molar-refractivity contribution in [3.05, 3.63) is 35.9 Å². The number of nitrogens with zero attached hydrogens (tertiary/aromatic N) is 1. The molecule has 1 aliphatic carbocycles. The summed E-state index contributed by atoms with van der Waals surface area (Å²) in [4.78, 5) is 25.8. The Balaban J connectivity index is 2.13. The van der Waals surface area contributed by atoms with E-state index in [0.717, 1.165) is 18.4 Å². The summed E-state index contributed by atoms with van der Waals surface area (Å²) >= 11 is 0. The molecule has 1 fully saturated rings. The van der Waals surface area contributed by atoms with Crippen LogP contribution < -0.4 is 0 Å². The standard InChI is InChI=1S/C19H27NO4/c1-14-12-18(2,3)10-11-19(14,16(21)22)20(4)17(23)24-13-15-8-6-5-7-9-15/h5-9,14H,10-13H2,1-4H3,(H,21,22). The molecule has 0 saturated heterocycles. The van der Waals surface area contributed by atoms with Crippen molar-refractivity contribution in [1.29, 1.82) is 0 Å². The van der Waals surface area contributed by atoms with Crippen LogP contribution in [0.25, 0.3) is 0 Å². The van der Waals surface area contributed by atoms with Crippen molar-refractivity contribution >= 4 is 12.1 Å². The lowest BCUT2D eigenvalue weighted by molar-refractivity contribution is -0.158. The molecule has 1 aromatic rings. The predicted molar refractivity (Wildman–Crippen MR) is 91.6 cm³/mol. The Morgan fingerprint density at radius 2 is 1.88 bits per heavy atom. The topological polar surface area (TPSA) is 66.8 Å². The summed E-state index contributed by atoms with van der Waals surface area (Å²) in [7, 11) is 1.54. The van der Waals surface area contributed by atoms with Gasteiger partial charge in [0.25, 0.3) is 0 Å². The van der Waals surface area contributed by atoms with Crippen LogP contribution in [0, 0.1) is 11.3 Å². The van der Waals surface area contributed by atoms with Gasteiger partial charge in [0.15, 0.2) is 0 Å². The van der Waals surface area contributed by atoms with Gasteiger partial charge in [-0.05, 0) is 36.2 Å². The maximum Gasteiger partial charge on any atom is 0.410 e. The average molecular weight is 333 g/mol. The van der Waals surface area contributed by atoms with Crippen LogP contribution in [0.1, 0.15) is 45.6 Å². The van der Waals surface area contributed by atoms with Crippen molar-refractivity contribution < 1.29 is 19.4 Å². The Kier molecular flexibility index (Phi) is 5.21. The fraction of sp³-hybridized carbons (Fsp3) is 0.579. The Bertz CT molecular complexity index is 599. The zero-order valence-electron chi connectivity index (χ0n) is 14.9. The van der Waals surface area contributed by atoms with E-state index in [4.69, 9.17) is 4.74 Å². The highest BCUT2D eigenvalue weighted by Crippen LogP contribution is 2.46. The van der Waals surface area contributed by atoms with Crippen LogP contribution in [-0.4, -0.2) is 34.7 Å². The van der Waals surface area contributed by atoms with Gasteiger partial charge in [0.1, 0.15) is 12.1 Å². The number of ether oxygens (including phenoxy) is 1. The van der Waals surface area contributed by atoms with Gasteiger partial charge in [-0.15, -0.1) is 0 Å². The van der Waals surface area contributed by atoms with Gasteiger partial charge in [0.2, 0.25) is 0 Å². The van der Waals surface area contributed by atoms with Crippen molar-refractivity contribution in [2.45, 2.75) is 52.2 Å². The van der Waals surface area contributed by atoms with Crippen LogP contribution >= 0.6 is 0 Å². The number of benzene rings is 1. The monoisotopic (exact) mass is 333 g/mol. The Morgan fingerprint density at radius 3 is 2.42 bits per heavy atom. The molecular weight excluding hydrogens is 306 g/mol. The van der Waals surface area contributed by atoms with Gasteiger partial charge < -0.3 is 9.84 Å². The smallest absolute Gasteiger partial charge is 0.410 e. The van der Waals surface area contributed by atoms with E-state index in [1.807, 2.05) is 37.3 Å². The lowest BCUT2D eigenvalue weighted by Crippen LogP contribution is -2.62. The molecular formula is C19H27NO4. The summed E-state index contributed by atoms with van der Waals surface area (Å²) in [6.07, 6.45) is 1.37. The second-order valence-corrected chi connectivity index (χ2v) is 7.60. The highest BCUT2D eigenvalue weighted by molar-refractivity contribution is 5.85. The van der Waals surface area contributed by atoms with Crippen molar-refractivity contribution in [3.63, 3.8) is 0 Å². The van der Waals surface area contributed by atoms with E-state index in [1.165, 1.54) is 11.9 Å². The molecule has 2 atom stereocenters. The molecule has 1 saturated carbocycles.